The van der Waals surface area contributed by atoms with Crippen LogP contribution in [-0.2, 0) is 6.54 Å². The van der Waals surface area contributed by atoms with Gasteiger partial charge in [0.1, 0.15) is 17.4 Å². The van der Waals surface area contributed by atoms with Crippen LogP contribution >= 0.6 is 0 Å². The summed E-state index contributed by atoms with van der Waals surface area (Å²) in [4.78, 5) is 16.6. The molecule has 0 aliphatic rings. The summed E-state index contributed by atoms with van der Waals surface area (Å²) in [6.07, 6.45) is 1.55. The third kappa shape index (κ3) is 4.36. The van der Waals surface area contributed by atoms with E-state index in [4.69, 9.17) is 4.74 Å². The normalized spacial score (nSPS) is 10.2. The number of nitrogens with zero attached hydrogens (tertiary/aromatic N) is 1. The standard InChI is InChI=1S/C20H18FN3O2/c1-26-18-5-3-2-4-15(18)13-23-20(25)14-10-11-22-19(12-14)24-17-8-6-16(21)7-9-17/h2-12H,13H2,1H3,(H,22,24)(H,23,25). The van der Waals surface area contributed by atoms with Crippen LogP contribution in [0.2, 0.25) is 0 Å². The summed E-state index contributed by atoms with van der Waals surface area (Å²) in [7, 11) is 1.59. The third-order valence-corrected chi connectivity index (χ3v) is 3.77. The van der Waals surface area contributed by atoms with Crippen molar-refractivity contribution in [1.29, 1.82) is 0 Å². The molecule has 0 radical (unpaired) electrons. The van der Waals surface area contributed by atoms with Crippen molar-refractivity contribution in [3.05, 3.63) is 83.8 Å². The molecule has 3 aromatic rings. The van der Waals surface area contributed by atoms with Crippen LogP contribution in [0.4, 0.5) is 15.9 Å². The number of benzene rings is 2. The van der Waals surface area contributed by atoms with Crippen molar-refractivity contribution < 1.29 is 13.9 Å². The Balaban J connectivity index is 1.67. The summed E-state index contributed by atoms with van der Waals surface area (Å²) in [5.74, 6) is 0.691. The van der Waals surface area contributed by atoms with Gasteiger partial charge < -0.3 is 15.4 Å². The molecule has 2 N–H and O–H groups in total. The Morgan fingerprint density at radius 2 is 1.88 bits per heavy atom. The Morgan fingerprint density at radius 3 is 2.65 bits per heavy atom. The third-order valence-electron chi connectivity index (χ3n) is 3.77. The van der Waals surface area contributed by atoms with Crippen molar-refractivity contribution in [3.8, 4) is 5.75 Å². The number of halogens is 1. The Kier molecular flexibility index (Phi) is 5.43. The number of anilines is 2. The number of methoxy groups -OCH3 is 1. The molecule has 5 nitrogen and oxygen atoms in total. The van der Waals surface area contributed by atoms with Crippen LogP contribution < -0.4 is 15.4 Å². The van der Waals surface area contributed by atoms with E-state index >= 15 is 0 Å². The highest BCUT2D eigenvalue weighted by Crippen LogP contribution is 2.18. The number of rotatable bonds is 6. The molecule has 0 spiro atoms. The first-order valence-corrected chi connectivity index (χ1v) is 8.04. The van der Waals surface area contributed by atoms with E-state index in [-0.39, 0.29) is 11.7 Å². The minimum Gasteiger partial charge on any atom is -0.496 e. The van der Waals surface area contributed by atoms with Crippen molar-refractivity contribution in [2.75, 3.05) is 12.4 Å². The Morgan fingerprint density at radius 1 is 1.12 bits per heavy atom. The first-order valence-electron chi connectivity index (χ1n) is 8.04. The fraction of sp³-hybridized carbons (Fsp3) is 0.100. The maximum atomic E-state index is 13.0. The van der Waals surface area contributed by atoms with Gasteiger partial charge in [-0.1, -0.05) is 18.2 Å². The molecule has 6 heteroatoms. The van der Waals surface area contributed by atoms with E-state index in [1.807, 2.05) is 24.3 Å². The lowest BCUT2D eigenvalue weighted by atomic mass is 10.2. The molecule has 132 valence electrons. The second-order valence-electron chi connectivity index (χ2n) is 5.56. The van der Waals surface area contributed by atoms with Gasteiger partial charge in [0.15, 0.2) is 0 Å². The van der Waals surface area contributed by atoms with Crippen molar-refractivity contribution in [2.24, 2.45) is 0 Å². The molecule has 0 saturated carbocycles. The number of ether oxygens (including phenoxy) is 1. The van der Waals surface area contributed by atoms with E-state index in [2.05, 4.69) is 15.6 Å². The van der Waals surface area contributed by atoms with Crippen LogP contribution in [0.5, 0.6) is 5.75 Å². The van der Waals surface area contributed by atoms with Crippen LogP contribution in [0.1, 0.15) is 15.9 Å². The lowest BCUT2D eigenvalue weighted by molar-refractivity contribution is 0.0950. The first-order chi connectivity index (χ1) is 12.7. The minimum atomic E-state index is -0.312. The van der Waals surface area contributed by atoms with Gasteiger partial charge in [-0.2, -0.15) is 0 Å². The molecule has 1 heterocycles. The van der Waals surface area contributed by atoms with Crippen molar-refractivity contribution in [3.63, 3.8) is 0 Å². The number of para-hydroxylation sites is 1. The highest BCUT2D eigenvalue weighted by Gasteiger charge is 2.09. The van der Waals surface area contributed by atoms with Gasteiger partial charge in [-0.15, -0.1) is 0 Å². The van der Waals surface area contributed by atoms with Gasteiger partial charge in [-0.05, 0) is 42.5 Å². The molecule has 0 atom stereocenters. The molecule has 26 heavy (non-hydrogen) atoms. The number of carbonyl (C=O) groups excluding carboxylic acids is 1. The smallest absolute Gasteiger partial charge is 0.251 e. The maximum Gasteiger partial charge on any atom is 0.251 e. The predicted octanol–water partition coefficient (Wildman–Crippen LogP) is 3.90. The summed E-state index contributed by atoms with van der Waals surface area (Å²) < 4.78 is 18.2. The fourth-order valence-electron chi connectivity index (χ4n) is 2.45. The number of aromatic nitrogens is 1. The second-order valence-corrected chi connectivity index (χ2v) is 5.56. The topological polar surface area (TPSA) is 63.2 Å². The lowest BCUT2D eigenvalue weighted by Crippen LogP contribution is -2.23. The monoisotopic (exact) mass is 351 g/mol. The second kappa shape index (κ2) is 8.11. The molecule has 1 aromatic heterocycles. The van der Waals surface area contributed by atoms with Gasteiger partial charge in [-0.3, -0.25) is 4.79 Å². The predicted molar refractivity (Wildman–Crippen MR) is 98.1 cm³/mol. The zero-order valence-electron chi connectivity index (χ0n) is 14.2. The molecule has 1 amide bonds. The number of carbonyl (C=O) groups is 1. The molecule has 2 aromatic carbocycles. The van der Waals surface area contributed by atoms with E-state index in [9.17, 15) is 9.18 Å². The molecule has 0 aliphatic heterocycles. The molecule has 0 unspecified atom stereocenters. The van der Waals surface area contributed by atoms with E-state index in [0.29, 0.717) is 23.6 Å². The maximum absolute atomic E-state index is 13.0. The number of hydrogen-bond acceptors (Lipinski definition) is 4. The first kappa shape index (κ1) is 17.4. The van der Waals surface area contributed by atoms with Crippen LogP contribution in [-0.4, -0.2) is 18.0 Å². The zero-order valence-corrected chi connectivity index (χ0v) is 14.2. The Bertz CT molecular complexity index is 898. The van der Waals surface area contributed by atoms with E-state index in [0.717, 1.165) is 11.3 Å². The lowest BCUT2D eigenvalue weighted by Gasteiger charge is -2.10. The summed E-state index contributed by atoms with van der Waals surface area (Å²) in [6.45, 7) is 0.353. The minimum absolute atomic E-state index is 0.222. The van der Waals surface area contributed by atoms with Crippen LogP contribution in [0.3, 0.4) is 0 Å². The molecular weight excluding hydrogens is 333 g/mol. The van der Waals surface area contributed by atoms with E-state index < -0.39 is 0 Å². The fourth-order valence-corrected chi connectivity index (χ4v) is 2.45. The largest absolute Gasteiger partial charge is 0.496 e. The van der Waals surface area contributed by atoms with Crippen LogP contribution in [0.25, 0.3) is 0 Å². The average molecular weight is 351 g/mol. The molecule has 0 bridgehead atoms. The average Bonchev–Trinajstić information content (AvgIpc) is 2.68. The molecule has 3 rings (SSSR count). The summed E-state index contributed by atoms with van der Waals surface area (Å²) in [6, 6.07) is 16.7. The quantitative estimate of drug-likeness (QED) is 0.707. The van der Waals surface area contributed by atoms with Crippen molar-refractivity contribution in [1.82, 2.24) is 10.3 Å². The van der Waals surface area contributed by atoms with Gasteiger partial charge in [0.05, 0.1) is 7.11 Å². The van der Waals surface area contributed by atoms with Crippen molar-refractivity contribution in [2.45, 2.75) is 6.54 Å². The van der Waals surface area contributed by atoms with Gasteiger partial charge in [0.2, 0.25) is 0 Å². The summed E-state index contributed by atoms with van der Waals surface area (Å²) in [5, 5.41) is 5.91. The van der Waals surface area contributed by atoms with Gasteiger partial charge in [0, 0.05) is 29.6 Å². The summed E-state index contributed by atoms with van der Waals surface area (Å²) in [5.41, 5.74) is 2.05. The molecule has 0 fully saturated rings. The number of nitrogens with one attached hydrogen (secondary N) is 2. The highest BCUT2D eigenvalue weighted by molar-refractivity contribution is 5.94. The van der Waals surface area contributed by atoms with Crippen LogP contribution in [0.15, 0.2) is 66.9 Å². The molecule has 0 saturated heterocycles. The molecule has 0 aliphatic carbocycles. The summed E-state index contributed by atoms with van der Waals surface area (Å²) >= 11 is 0. The number of amides is 1. The van der Waals surface area contributed by atoms with Gasteiger partial charge in [-0.25, -0.2) is 9.37 Å². The van der Waals surface area contributed by atoms with E-state index in [1.54, 1.807) is 37.6 Å². The Labute approximate surface area is 150 Å². The Hall–Kier alpha value is -3.41. The van der Waals surface area contributed by atoms with Gasteiger partial charge in [0.25, 0.3) is 5.91 Å². The zero-order chi connectivity index (χ0) is 18.4. The SMILES string of the molecule is COc1ccccc1CNC(=O)c1ccnc(Nc2ccc(F)cc2)c1. The number of pyridine rings is 1. The van der Waals surface area contributed by atoms with Crippen molar-refractivity contribution >= 4 is 17.4 Å². The van der Waals surface area contributed by atoms with Crippen LogP contribution in [0, 0.1) is 5.82 Å². The van der Waals surface area contributed by atoms with E-state index in [1.165, 1.54) is 12.1 Å². The number of hydrogen-bond donors (Lipinski definition) is 2. The highest BCUT2D eigenvalue weighted by atomic mass is 19.1. The van der Waals surface area contributed by atoms with Gasteiger partial charge >= 0.3 is 0 Å². The molecular formula is C20H18FN3O2.